The summed E-state index contributed by atoms with van der Waals surface area (Å²) in [5, 5.41) is 0.812. The third-order valence-corrected chi connectivity index (χ3v) is 7.43. The number of pyridine rings is 2. The molecular formula is C27H20BrN3O5. The van der Waals surface area contributed by atoms with Crippen molar-refractivity contribution in [1.29, 1.82) is 0 Å². The summed E-state index contributed by atoms with van der Waals surface area (Å²) in [6, 6.07) is 15.8. The Labute approximate surface area is 213 Å². The number of hydrogen-bond donors (Lipinski definition) is 1. The largest absolute Gasteiger partial charge is 0.457 e. The van der Waals surface area contributed by atoms with E-state index >= 15 is 0 Å². The topological polar surface area (TPSA) is 114 Å². The van der Waals surface area contributed by atoms with Gasteiger partial charge in [-0.05, 0) is 55.0 Å². The number of halogens is 1. The van der Waals surface area contributed by atoms with Crippen molar-refractivity contribution in [2.24, 2.45) is 0 Å². The Morgan fingerprint density at radius 3 is 2.72 bits per heavy atom. The van der Waals surface area contributed by atoms with Gasteiger partial charge in [-0.3, -0.25) is 4.79 Å². The molecule has 0 aliphatic carbocycles. The maximum absolute atomic E-state index is 13.6. The number of cyclic esters (lactones) is 1. The van der Waals surface area contributed by atoms with Crippen LogP contribution in [0.15, 0.2) is 63.9 Å². The maximum Gasteiger partial charge on any atom is 0.355 e. The molecule has 2 aliphatic rings. The highest BCUT2D eigenvalue weighted by atomic mass is 79.9. The Hall–Kier alpha value is -3.98. The van der Waals surface area contributed by atoms with Crippen LogP contribution < -0.4 is 11.3 Å². The molecule has 2 aliphatic heterocycles. The molecule has 0 spiro atoms. The van der Waals surface area contributed by atoms with Gasteiger partial charge in [0.2, 0.25) is 5.60 Å². The molecule has 0 saturated carbocycles. The molecule has 36 heavy (non-hydrogen) atoms. The quantitative estimate of drug-likeness (QED) is 0.265. The molecule has 0 radical (unpaired) electrons. The fraction of sp³-hybridized carbons (Fsp3) is 0.185. The minimum atomic E-state index is -1.75. The molecule has 4 heterocycles. The van der Waals surface area contributed by atoms with E-state index in [9.17, 15) is 14.4 Å². The van der Waals surface area contributed by atoms with Crippen molar-refractivity contribution >= 4 is 44.5 Å². The zero-order valence-corrected chi connectivity index (χ0v) is 20.8. The summed E-state index contributed by atoms with van der Waals surface area (Å²) in [4.78, 5) is 44.6. The van der Waals surface area contributed by atoms with Crippen LogP contribution in [0.3, 0.4) is 0 Å². The first-order valence-corrected chi connectivity index (χ1v) is 12.2. The summed E-state index contributed by atoms with van der Waals surface area (Å²) in [5.41, 5.74) is 8.35. The van der Waals surface area contributed by atoms with Gasteiger partial charge < -0.3 is 19.8 Å². The van der Waals surface area contributed by atoms with Gasteiger partial charge in [-0.25, -0.2) is 14.6 Å². The number of carbonyl (C=O) groups excluding carboxylic acids is 2. The molecule has 2 aromatic heterocycles. The molecule has 9 heteroatoms. The second kappa shape index (κ2) is 8.03. The average Bonchev–Trinajstić information content (AvgIpc) is 3.23. The van der Waals surface area contributed by atoms with Crippen LogP contribution in [0.25, 0.3) is 22.3 Å². The number of ether oxygens (including phenoxy) is 2. The second-order valence-corrected chi connectivity index (χ2v) is 9.79. The number of esters is 2. The van der Waals surface area contributed by atoms with Gasteiger partial charge in [0.1, 0.15) is 6.61 Å². The number of hydrogen-bond acceptors (Lipinski definition) is 7. The monoisotopic (exact) mass is 545 g/mol. The van der Waals surface area contributed by atoms with Crippen LogP contribution in [0.4, 0.5) is 5.69 Å². The van der Waals surface area contributed by atoms with Crippen LogP contribution in [0.2, 0.25) is 0 Å². The van der Waals surface area contributed by atoms with Gasteiger partial charge in [-0.1, -0.05) is 28.9 Å². The summed E-state index contributed by atoms with van der Waals surface area (Å²) in [6.45, 7) is 1.85. The minimum absolute atomic E-state index is 0.0958. The maximum atomic E-state index is 13.6. The lowest BCUT2D eigenvalue weighted by atomic mass is 9.85. The van der Waals surface area contributed by atoms with Crippen molar-refractivity contribution in [3.63, 3.8) is 0 Å². The van der Waals surface area contributed by atoms with Crippen LogP contribution in [-0.2, 0) is 33.0 Å². The fourth-order valence-electron chi connectivity index (χ4n) is 4.99. The fourth-order valence-corrected chi connectivity index (χ4v) is 5.25. The minimum Gasteiger partial charge on any atom is -0.457 e. The van der Waals surface area contributed by atoms with Crippen molar-refractivity contribution in [2.45, 2.75) is 32.1 Å². The van der Waals surface area contributed by atoms with Crippen LogP contribution in [0.5, 0.6) is 0 Å². The molecule has 2 aromatic carbocycles. The molecule has 8 nitrogen and oxygen atoms in total. The van der Waals surface area contributed by atoms with E-state index in [1.165, 1.54) is 0 Å². The lowest BCUT2D eigenvalue weighted by molar-refractivity contribution is -0.173. The highest BCUT2D eigenvalue weighted by Gasteiger charge is 2.50. The molecule has 180 valence electrons. The van der Waals surface area contributed by atoms with Crippen LogP contribution >= 0.6 is 15.9 Å². The SMILES string of the molecule is CC[C@@]1(OC(=O)c2ccc(Br)cc2)C(=O)OCc2c1cc1n(c2=O)Cc2cc3c(N)cccc3nc2-1. The van der Waals surface area contributed by atoms with E-state index in [0.29, 0.717) is 40.3 Å². The summed E-state index contributed by atoms with van der Waals surface area (Å²) in [6.07, 6.45) is 0.0958. The normalized spacial score (nSPS) is 17.8. The Kier molecular flexibility index (Phi) is 5.01. The average molecular weight is 546 g/mol. The first kappa shape index (κ1) is 22.5. The molecule has 1 atom stereocenters. The Morgan fingerprint density at radius 2 is 1.97 bits per heavy atom. The van der Waals surface area contributed by atoms with Gasteiger partial charge in [-0.2, -0.15) is 0 Å². The number of fused-ring (bicyclic) bond motifs is 5. The number of anilines is 1. The van der Waals surface area contributed by atoms with E-state index in [-0.39, 0.29) is 24.2 Å². The second-order valence-electron chi connectivity index (χ2n) is 8.88. The zero-order valence-electron chi connectivity index (χ0n) is 19.2. The summed E-state index contributed by atoms with van der Waals surface area (Å²) in [5.74, 6) is -1.39. The first-order valence-electron chi connectivity index (χ1n) is 11.4. The van der Waals surface area contributed by atoms with Crippen LogP contribution in [0.1, 0.15) is 40.4 Å². The van der Waals surface area contributed by atoms with Gasteiger partial charge >= 0.3 is 11.9 Å². The summed E-state index contributed by atoms with van der Waals surface area (Å²) < 4.78 is 13.7. The lowest BCUT2D eigenvalue weighted by Crippen LogP contribution is -2.47. The van der Waals surface area contributed by atoms with Gasteiger partial charge in [0, 0.05) is 26.7 Å². The molecule has 2 N–H and O–H groups in total. The van der Waals surface area contributed by atoms with Gasteiger partial charge in [0.15, 0.2) is 0 Å². The van der Waals surface area contributed by atoms with Crippen molar-refractivity contribution in [3.8, 4) is 11.4 Å². The van der Waals surface area contributed by atoms with Crippen molar-refractivity contribution < 1.29 is 19.1 Å². The lowest BCUT2D eigenvalue weighted by Gasteiger charge is -2.35. The van der Waals surface area contributed by atoms with Crippen LogP contribution in [-0.4, -0.2) is 21.5 Å². The van der Waals surface area contributed by atoms with Crippen LogP contribution in [0, 0.1) is 0 Å². The molecular weight excluding hydrogens is 526 g/mol. The number of aromatic nitrogens is 2. The molecule has 0 bridgehead atoms. The highest BCUT2D eigenvalue weighted by molar-refractivity contribution is 9.10. The number of benzene rings is 2. The Bertz CT molecular complexity index is 1660. The molecule has 0 fully saturated rings. The predicted octanol–water partition coefficient (Wildman–Crippen LogP) is 4.29. The van der Waals surface area contributed by atoms with Crippen molar-refractivity contribution in [3.05, 3.63) is 91.7 Å². The molecule has 6 rings (SSSR count). The smallest absolute Gasteiger partial charge is 0.355 e. The van der Waals surface area contributed by atoms with E-state index in [1.807, 2.05) is 24.3 Å². The third-order valence-electron chi connectivity index (χ3n) is 6.90. The Morgan fingerprint density at radius 1 is 1.19 bits per heavy atom. The van der Waals surface area contributed by atoms with E-state index in [0.717, 1.165) is 15.4 Å². The zero-order chi connectivity index (χ0) is 25.2. The molecule has 0 unspecified atom stereocenters. The molecule has 0 amide bonds. The summed E-state index contributed by atoms with van der Waals surface area (Å²) >= 11 is 3.34. The van der Waals surface area contributed by atoms with Gasteiger partial charge in [0.25, 0.3) is 5.56 Å². The number of rotatable bonds is 3. The Balaban J connectivity index is 1.52. The number of nitrogen functional groups attached to an aromatic ring is 1. The summed E-state index contributed by atoms with van der Waals surface area (Å²) in [7, 11) is 0. The first-order chi connectivity index (χ1) is 17.3. The van der Waals surface area contributed by atoms with E-state index in [1.54, 1.807) is 41.8 Å². The standard InChI is InChI=1S/C27H20BrN3O5/c1-2-27(36-25(33)14-6-8-16(28)9-7-14)19-11-22-23-15(10-17-20(29)4-3-5-21(17)30-23)12-31(22)24(32)18(19)13-35-26(27)34/h3-11H,2,12-13,29H2,1H3/t27-/m0/s1. The van der Waals surface area contributed by atoms with Crippen molar-refractivity contribution in [2.75, 3.05) is 5.73 Å². The number of carbonyl (C=O) groups is 2. The third kappa shape index (κ3) is 3.19. The van der Waals surface area contributed by atoms with E-state index in [2.05, 4.69) is 15.9 Å². The highest BCUT2D eigenvalue weighted by Crippen LogP contribution is 2.41. The number of nitrogens with zero attached hydrogens (tertiary/aromatic N) is 2. The van der Waals surface area contributed by atoms with Gasteiger partial charge in [0.05, 0.1) is 34.6 Å². The predicted molar refractivity (Wildman–Crippen MR) is 136 cm³/mol. The van der Waals surface area contributed by atoms with Gasteiger partial charge in [-0.15, -0.1) is 0 Å². The van der Waals surface area contributed by atoms with E-state index in [4.69, 9.17) is 20.2 Å². The molecule has 0 saturated heterocycles. The van der Waals surface area contributed by atoms with E-state index < -0.39 is 17.5 Å². The van der Waals surface area contributed by atoms with Crippen molar-refractivity contribution in [1.82, 2.24) is 9.55 Å². The molecule has 4 aromatic rings. The number of nitrogens with two attached hydrogens (primary N) is 1.